The van der Waals surface area contributed by atoms with E-state index in [0.29, 0.717) is 19.1 Å². The Balaban J connectivity index is 0. The smallest absolute Gasteiger partial charge is 0.330 e. The molecule has 0 aliphatic heterocycles. The average molecular weight is 383 g/mol. The highest BCUT2D eigenvalue weighted by atomic mass is 16.5. The minimum Gasteiger partial charge on any atom is -0.463 e. The van der Waals surface area contributed by atoms with E-state index in [2.05, 4.69) is 47.8 Å². The van der Waals surface area contributed by atoms with Gasteiger partial charge in [0.15, 0.2) is 0 Å². The molecule has 0 rings (SSSR count). The lowest BCUT2D eigenvalue weighted by Gasteiger charge is -2.26. The van der Waals surface area contributed by atoms with Crippen LogP contribution in [0.1, 0.15) is 86.0 Å². The van der Waals surface area contributed by atoms with Crippen molar-refractivity contribution in [2.24, 2.45) is 11.3 Å². The van der Waals surface area contributed by atoms with Gasteiger partial charge in [0.1, 0.15) is 0 Å². The summed E-state index contributed by atoms with van der Waals surface area (Å²) in [5.41, 5.74) is 0.246. The topological polar surface area (TPSA) is 52.6 Å². The summed E-state index contributed by atoms with van der Waals surface area (Å²) in [6, 6.07) is 0. The quantitative estimate of drug-likeness (QED) is 0.202. The van der Waals surface area contributed by atoms with Crippen molar-refractivity contribution < 1.29 is 19.1 Å². The predicted molar refractivity (Wildman–Crippen MR) is 114 cm³/mol. The first-order valence-electron chi connectivity index (χ1n) is 10.3. The first kappa shape index (κ1) is 27.6. The van der Waals surface area contributed by atoms with E-state index in [1.807, 2.05) is 0 Å². The highest BCUT2D eigenvalue weighted by Gasteiger charge is 2.19. The van der Waals surface area contributed by atoms with Crippen LogP contribution in [0.25, 0.3) is 0 Å². The maximum Gasteiger partial charge on any atom is 0.330 e. The van der Waals surface area contributed by atoms with Gasteiger partial charge < -0.3 is 9.47 Å². The predicted octanol–water partition coefficient (Wildman–Crippen LogP) is 6.25. The SMILES string of the molecule is C=CC(=O)OCCC(C)(C)CC(C)C.C=CC(=O)OCCCCCCCC. The fourth-order valence-electron chi connectivity index (χ4n) is 2.81. The van der Waals surface area contributed by atoms with Crippen LogP contribution >= 0.6 is 0 Å². The average Bonchev–Trinajstić information content (AvgIpc) is 2.59. The summed E-state index contributed by atoms with van der Waals surface area (Å²) in [4.78, 5) is 21.4. The van der Waals surface area contributed by atoms with Crippen molar-refractivity contribution in [3.05, 3.63) is 25.3 Å². The minimum atomic E-state index is -0.328. The van der Waals surface area contributed by atoms with Crippen LogP contribution in [0.2, 0.25) is 0 Å². The van der Waals surface area contributed by atoms with E-state index in [1.165, 1.54) is 37.8 Å². The molecule has 0 unspecified atom stereocenters. The molecule has 0 N–H and O–H groups in total. The second-order valence-corrected chi connectivity index (χ2v) is 8.02. The Morgan fingerprint density at radius 1 is 0.889 bits per heavy atom. The van der Waals surface area contributed by atoms with Gasteiger partial charge in [0.05, 0.1) is 13.2 Å². The Bertz CT molecular complexity index is 411. The lowest BCUT2D eigenvalue weighted by molar-refractivity contribution is -0.139. The number of hydrogen-bond acceptors (Lipinski definition) is 4. The van der Waals surface area contributed by atoms with Gasteiger partial charge in [-0.3, -0.25) is 0 Å². The number of unbranched alkanes of at least 4 members (excludes halogenated alkanes) is 5. The van der Waals surface area contributed by atoms with E-state index in [9.17, 15) is 9.59 Å². The van der Waals surface area contributed by atoms with Crippen molar-refractivity contribution in [1.82, 2.24) is 0 Å². The van der Waals surface area contributed by atoms with Crippen LogP contribution < -0.4 is 0 Å². The molecule has 0 bridgehead atoms. The molecule has 4 nitrogen and oxygen atoms in total. The van der Waals surface area contributed by atoms with Crippen LogP contribution in [0.3, 0.4) is 0 Å². The largest absolute Gasteiger partial charge is 0.463 e. The summed E-state index contributed by atoms with van der Waals surface area (Å²) in [6.07, 6.45) is 11.7. The third-order valence-corrected chi connectivity index (χ3v) is 4.06. The van der Waals surface area contributed by atoms with Gasteiger partial charge in [-0.2, -0.15) is 0 Å². The fourth-order valence-corrected chi connectivity index (χ4v) is 2.81. The maximum atomic E-state index is 10.8. The molecule has 0 aliphatic rings. The fraction of sp³-hybridized carbons (Fsp3) is 0.739. The molecule has 0 aliphatic carbocycles. The summed E-state index contributed by atoms with van der Waals surface area (Å²) in [5, 5.41) is 0. The molecular weight excluding hydrogens is 340 g/mol. The molecule has 0 heterocycles. The lowest BCUT2D eigenvalue weighted by atomic mass is 9.81. The normalized spacial score (nSPS) is 10.6. The molecule has 0 aromatic rings. The van der Waals surface area contributed by atoms with E-state index in [4.69, 9.17) is 9.47 Å². The summed E-state index contributed by atoms with van der Waals surface area (Å²) in [7, 11) is 0. The molecule has 0 saturated heterocycles. The van der Waals surface area contributed by atoms with Crippen LogP contribution in [-0.2, 0) is 19.1 Å². The van der Waals surface area contributed by atoms with Crippen molar-refractivity contribution in [3.8, 4) is 0 Å². The molecule has 0 fully saturated rings. The van der Waals surface area contributed by atoms with Crippen molar-refractivity contribution in [1.29, 1.82) is 0 Å². The van der Waals surface area contributed by atoms with E-state index in [1.54, 1.807) is 0 Å². The Morgan fingerprint density at radius 3 is 1.85 bits per heavy atom. The monoisotopic (exact) mass is 382 g/mol. The second-order valence-electron chi connectivity index (χ2n) is 8.02. The number of carbonyl (C=O) groups is 2. The molecule has 0 aromatic carbocycles. The van der Waals surface area contributed by atoms with E-state index < -0.39 is 0 Å². The molecule has 0 atom stereocenters. The Hall–Kier alpha value is -1.58. The first-order valence-corrected chi connectivity index (χ1v) is 10.3. The van der Waals surface area contributed by atoms with Crippen LogP contribution in [0.4, 0.5) is 0 Å². The Morgan fingerprint density at radius 2 is 1.37 bits per heavy atom. The highest BCUT2D eigenvalue weighted by Crippen LogP contribution is 2.28. The van der Waals surface area contributed by atoms with Crippen molar-refractivity contribution in [2.45, 2.75) is 86.0 Å². The van der Waals surface area contributed by atoms with E-state index in [-0.39, 0.29) is 17.4 Å². The van der Waals surface area contributed by atoms with Gasteiger partial charge in [-0.15, -0.1) is 0 Å². The van der Waals surface area contributed by atoms with Gasteiger partial charge in [0, 0.05) is 12.2 Å². The molecule has 0 aromatic heterocycles. The van der Waals surface area contributed by atoms with Gasteiger partial charge in [-0.25, -0.2) is 9.59 Å². The summed E-state index contributed by atoms with van der Waals surface area (Å²) >= 11 is 0. The molecule has 27 heavy (non-hydrogen) atoms. The van der Waals surface area contributed by atoms with Crippen molar-refractivity contribution in [2.75, 3.05) is 13.2 Å². The summed E-state index contributed by atoms with van der Waals surface area (Å²) < 4.78 is 9.79. The van der Waals surface area contributed by atoms with Crippen LogP contribution in [0, 0.1) is 11.3 Å². The second kappa shape index (κ2) is 17.8. The zero-order chi connectivity index (χ0) is 21.1. The van der Waals surface area contributed by atoms with Gasteiger partial charge in [-0.1, -0.05) is 79.9 Å². The first-order chi connectivity index (χ1) is 12.7. The molecule has 0 spiro atoms. The maximum absolute atomic E-state index is 10.8. The Labute approximate surface area is 167 Å². The summed E-state index contributed by atoms with van der Waals surface area (Å²) in [5.74, 6) is 0.0408. The van der Waals surface area contributed by atoms with Crippen LogP contribution in [0.5, 0.6) is 0 Å². The molecule has 0 saturated carbocycles. The lowest BCUT2D eigenvalue weighted by Crippen LogP contribution is -2.18. The molecule has 0 amide bonds. The van der Waals surface area contributed by atoms with Gasteiger partial charge in [0.25, 0.3) is 0 Å². The number of esters is 2. The molecule has 158 valence electrons. The van der Waals surface area contributed by atoms with Gasteiger partial charge >= 0.3 is 11.9 Å². The van der Waals surface area contributed by atoms with Gasteiger partial charge in [0.2, 0.25) is 0 Å². The standard InChI is InChI=1S/C12H22O2.C11H20O2/c1-6-11(13)14-8-7-12(4,5)9-10(2)3;1-3-5-6-7-8-9-10-13-11(12)4-2/h6,10H,1,7-9H2,2-5H3;4H,2-3,5-10H2,1H3. The summed E-state index contributed by atoms with van der Waals surface area (Å²) in [6.45, 7) is 18.7. The van der Waals surface area contributed by atoms with E-state index in [0.717, 1.165) is 25.7 Å². The molecular formula is C23H42O4. The zero-order valence-electron chi connectivity index (χ0n) is 18.4. The zero-order valence-corrected chi connectivity index (χ0v) is 18.4. The number of ether oxygens (including phenoxy) is 2. The number of carbonyl (C=O) groups excluding carboxylic acids is 2. The van der Waals surface area contributed by atoms with E-state index >= 15 is 0 Å². The third kappa shape index (κ3) is 22.4. The highest BCUT2D eigenvalue weighted by molar-refractivity contribution is 5.81. The Kier molecular flexibility index (Phi) is 18.2. The molecule has 0 radical (unpaired) electrons. The minimum absolute atomic E-state index is 0.246. The van der Waals surface area contributed by atoms with Crippen LogP contribution in [0.15, 0.2) is 25.3 Å². The third-order valence-electron chi connectivity index (χ3n) is 4.06. The van der Waals surface area contributed by atoms with Crippen molar-refractivity contribution >= 4 is 11.9 Å². The van der Waals surface area contributed by atoms with Crippen LogP contribution in [-0.4, -0.2) is 25.2 Å². The van der Waals surface area contributed by atoms with Gasteiger partial charge in [-0.05, 0) is 30.6 Å². The van der Waals surface area contributed by atoms with Crippen molar-refractivity contribution in [3.63, 3.8) is 0 Å². The molecule has 4 heteroatoms. The number of hydrogen-bond donors (Lipinski definition) is 0. The number of rotatable bonds is 14.